The van der Waals surface area contributed by atoms with Crippen molar-refractivity contribution >= 4 is 65.7 Å². The van der Waals surface area contributed by atoms with E-state index in [9.17, 15) is 13.2 Å². The van der Waals surface area contributed by atoms with Gasteiger partial charge in [-0.3, -0.25) is 4.79 Å². The molecule has 198 valence electrons. The summed E-state index contributed by atoms with van der Waals surface area (Å²) in [5.41, 5.74) is 7.60. The monoisotopic (exact) mass is 570 g/mol. The van der Waals surface area contributed by atoms with E-state index in [1.165, 1.54) is 22.0 Å². The van der Waals surface area contributed by atoms with Crippen molar-refractivity contribution in [2.45, 2.75) is 29.6 Å². The first kappa shape index (κ1) is 25.4. The lowest BCUT2D eigenvalue weighted by molar-refractivity contribution is -0.138. The van der Waals surface area contributed by atoms with Gasteiger partial charge in [0, 0.05) is 34.7 Å². The van der Waals surface area contributed by atoms with Gasteiger partial charge in [-0.1, -0.05) is 23.7 Å². The third-order valence-corrected chi connectivity index (χ3v) is 10.9. The van der Waals surface area contributed by atoms with Gasteiger partial charge in [0.25, 0.3) is 10.0 Å². The van der Waals surface area contributed by atoms with Gasteiger partial charge in [-0.15, -0.1) is 11.3 Å². The minimum atomic E-state index is -3.85. The first-order chi connectivity index (χ1) is 18.3. The number of aromatic nitrogens is 2. The van der Waals surface area contributed by atoms with Crippen LogP contribution in [0.4, 0.5) is 5.82 Å². The topological polar surface area (TPSA) is 113 Å². The van der Waals surface area contributed by atoms with Gasteiger partial charge in [-0.25, -0.2) is 18.4 Å². The number of likely N-dealkylation sites (tertiary alicyclic amines) is 1. The Labute approximate surface area is 229 Å². The summed E-state index contributed by atoms with van der Waals surface area (Å²) >= 11 is 7.29. The predicted octanol–water partition coefficient (Wildman–Crippen LogP) is 3.58. The molecule has 0 radical (unpaired) electrons. The summed E-state index contributed by atoms with van der Waals surface area (Å²) < 4.78 is 29.8. The van der Waals surface area contributed by atoms with Crippen LogP contribution in [0.25, 0.3) is 21.0 Å². The van der Waals surface area contributed by atoms with Gasteiger partial charge in [0.05, 0.1) is 18.1 Å². The van der Waals surface area contributed by atoms with Crippen molar-refractivity contribution in [3.05, 3.63) is 59.4 Å². The number of sulfonamides is 1. The maximum Gasteiger partial charge on any atom is 0.253 e. The first-order valence-electron chi connectivity index (χ1n) is 12.5. The number of carbonyl (C=O) groups is 1. The fourth-order valence-electron chi connectivity index (χ4n) is 5.32. The number of rotatable bonds is 6. The van der Waals surface area contributed by atoms with Crippen LogP contribution in [0.2, 0.25) is 5.02 Å². The molecule has 0 spiro atoms. The number of piperazine rings is 1. The largest absolute Gasteiger partial charge is 0.383 e. The van der Waals surface area contributed by atoms with Crippen LogP contribution in [0.3, 0.4) is 0 Å². The summed E-state index contributed by atoms with van der Waals surface area (Å²) in [6.07, 6.45) is 3.64. The Morgan fingerprint density at radius 3 is 2.71 bits per heavy atom. The summed E-state index contributed by atoms with van der Waals surface area (Å²) in [6, 6.07) is 12.4. The molecule has 2 aliphatic rings. The minimum absolute atomic E-state index is 0.198. The van der Waals surface area contributed by atoms with Crippen LogP contribution in [0.1, 0.15) is 18.4 Å². The molecule has 2 aromatic carbocycles. The molecule has 2 aliphatic heterocycles. The van der Waals surface area contributed by atoms with Crippen molar-refractivity contribution in [2.75, 3.05) is 38.5 Å². The molecule has 4 heterocycles. The molecule has 38 heavy (non-hydrogen) atoms. The fraction of sp³-hybridized carbons (Fsp3) is 0.346. The van der Waals surface area contributed by atoms with Crippen molar-refractivity contribution in [1.82, 2.24) is 24.1 Å². The second-order valence-electron chi connectivity index (χ2n) is 9.84. The molecule has 2 fully saturated rings. The number of hydrogen-bond donors (Lipinski definition) is 1. The number of amides is 1. The van der Waals surface area contributed by atoms with Gasteiger partial charge >= 0.3 is 0 Å². The van der Waals surface area contributed by atoms with E-state index in [2.05, 4.69) is 14.9 Å². The first-order valence-corrected chi connectivity index (χ1v) is 15.1. The van der Waals surface area contributed by atoms with Crippen LogP contribution in [0.5, 0.6) is 0 Å². The molecule has 0 bridgehead atoms. The maximum atomic E-state index is 13.7. The summed E-state index contributed by atoms with van der Waals surface area (Å²) in [4.78, 5) is 26.0. The molecule has 1 atom stereocenters. The molecule has 2 aromatic heterocycles. The molecule has 0 aliphatic carbocycles. The van der Waals surface area contributed by atoms with Gasteiger partial charge in [0.1, 0.15) is 16.4 Å². The number of benzene rings is 2. The van der Waals surface area contributed by atoms with E-state index in [-0.39, 0.29) is 29.2 Å². The molecule has 1 amide bonds. The molecule has 2 N–H and O–H groups in total. The maximum absolute atomic E-state index is 13.7. The van der Waals surface area contributed by atoms with E-state index in [4.69, 9.17) is 17.3 Å². The number of fused-ring (bicyclic) bond motifs is 2. The lowest BCUT2D eigenvalue weighted by atomic mass is 10.1. The lowest BCUT2D eigenvalue weighted by Gasteiger charge is -2.42. The number of nitrogens with zero attached hydrogens (tertiary/aromatic N) is 5. The van der Waals surface area contributed by atoms with Crippen molar-refractivity contribution in [2.24, 2.45) is 0 Å². The molecule has 12 heteroatoms. The van der Waals surface area contributed by atoms with Crippen molar-refractivity contribution in [1.29, 1.82) is 0 Å². The molecule has 6 rings (SSSR count). The van der Waals surface area contributed by atoms with Crippen molar-refractivity contribution < 1.29 is 13.2 Å². The number of nitrogen functional groups attached to an aromatic ring is 1. The summed E-state index contributed by atoms with van der Waals surface area (Å²) in [5, 5.41) is 2.13. The van der Waals surface area contributed by atoms with Gasteiger partial charge in [0.2, 0.25) is 5.91 Å². The predicted molar refractivity (Wildman–Crippen MR) is 150 cm³/mol. The summed E-state index contributed by atoms with van der Waals surface area (Å²) in [5.74, 6) is 0.197. The highest BCUT2D eigenvalue weighted by Gasteiger charge is 2.40. The van der Waals surface area contributed by atoms with Gasteiger partial charge in [-0.05, 0) is 67.2 Å². The van der Waals surface area contributed by atoms with Gasteiger partial charge < -0.3 is 15.5 Å². The Hall–Kier alpha value is -2.83. The Kier molecular flexibility index (Phi) is 6.73. The zero-order valence-electron chi connectivity index (χ0n) is 20.6. The van der Waals surface area contributed by atoms with Crippen LogP contribution < -0.4 is 5.73 Å². The average molecular weight is 571 g/mol. The Bertz CT molecular complexity index is 1640. The van der Waals surface area contributed by atoms with Gasteiger partial charge in [0.15, 0.2) is 0 Å². The average Bonchev–Trinajstić information content (AvgIpc) is 3.56. The molecular weight excluding hydrogens is 544 g/mol. The number of carbonyl (C=O) groups excluding carboxylic acids is 1. The SMILES string of the molecule is Nc1ncnc2cc(CN3C(=O)CN(S(=O)(=O)c4cc5ccc(Cl)cc5s4)C[C@@H]3CN3CCCC3)ccc12. The summed E-state index contributed by atoms with van der Waals surface area (Å²) in [7, 11) is -3.85. The van der Waals surface area contributed by atoms with Crippen LogP contribution in [0.15, 0.2) is 53.0 Å². The highest BCUT2D eigenvalue weighted by atomic mass is 35.5. The van der Waals surface area contributed by atoms with E-state index in [0.29, 0.717) is 29.4 Å². The van der Waals surface area contributed by atoms with Crippen molar-refractivity contribution in [3.63, 3.8) is 0 Å². The van der Waals surface area contributed by atoms with E-state index in [0.717, 1.165) is 47.0 Å². The number of anilines is 1. The summed E-state index contributed by atoms with van der Waals surface area (Å²) in [6.45, 7) is 2.94. The normalized spacial score (nSPS) is 19.7. The van der Waals surface area contributed by atoms with Crippen molar-refractivity contribution in [3.8, 4) is 0 Å². The zero-order chi connectivity index (χ0) is 26.4. The number of halogens is 1. The standard InChI is InChI=1S/C26H27ClN6O3S2/c27-19-5-4-18-10-25(37-23(18)11-19)38(35,36)32-14-20(13-31-7-1-2-8-31)33(24(34)15-32)12-17-3-6-21-22(9-17)29-16-30-26(21)28/h3-6,9-11,16,20H,1-2,7-8,12-15H2,(H2,28,29,30)/t20-/m0/s1. The zero-order valence-corrected chi connectivity index (χ0v) is 23.0. The number of nitrogens with two attached hydrogens (primary N) is 1. The van der Waals surface area contributed by atoms with Crippen LogP contribution in [-0.4, -0.2) is 77.2 Å². The smallest absolute Gasteiger partial charge is 0.253 e. The van der Waals surface area contributed by atoms with Crippen LogP contribution in [0, 0.1) is 0 Å². The second-order valence-corrected chi connectivity index (χ2v) is 13.5. The third kappa shape index (κ3) is 4.85. The van der Waals surface area contributed by atoms with E-state index < -0.39 is 10.0 Å². The minimum Gasteiger partial charge on any atom is -0.383 e. The molecule has 4 aromatic rings. The Balaban J connectivity index is 1.29. The number of hydrogen-bond acceptors (Lipinski definition) is 8. The quantitative estimate of drug-likeness (QED) is 0.377. The Morgan fingerprint density at radius 1 is 1.08 bits per heavy atom. The molecule has 2 saturated heterocycles. The van der Waals surface area contributed by atoms with Crippen LogP contribution >= 0.6 is 22.9 Å². The van der Waals surface area contributed by atoms with E-state index >= 15 is 0 Å². The highest BCUT2D eigenvalue weighted by molar-refractivity contribution is 7.91. The third-order valence-electron chi connectivity index (χ3n) is 7.29. The molecule has 9 nitrogen and oxygen atoms in total. The van der Waals surface area contributed by atoms with Gasteiger partial charge in [-0.2, -0.15) is 4.31 Å². The second kappa shape index (κ2) is 10.0. The highest BCUT2D eigenvalue weighted by Crippen LogP contribution is 2.34. The molecule has 0 saturated carbocycles. The van der Waals surface area contributed by atoms with E-state index in [1.807, 2.05) is 29.2 Å². The van der Waals surface area contributed by atoms with E-state index in [1.54, 1.807) is 18.2 Å². The van der Waals surface area contributed by atoms with Crippen LogP contribution in [-0.2, 0) is 21.4 Å². The molecular formula is C26H27ClN6O3S2. The fourth-order valence-corrected chi connectivity index (χ4v) is 8.57. The Morgan fingerprint density at radius 2 is 1.89 bits per heavy atom. The number of thiophene rings is 1. The molecule has 0 unspecified atom stereocenters. The lowest BCUT2D eigenvalue weighted by Crippen LogP contribution is -2.60.